The highest BCUT2D eigenvalue weighted by atomic mass is 35.5. The predicted octanol–water partition coefficient (Wildman–Crippen LogP) is 3.17. The Morgan fingerprint density at radius 2 is 1.83 bits per heavy atom. The van der Waals surface area contributed by atoms with Crippen LogP contribution in [0, 0.1) is 13.8 Å². The number of aryl methyl sites for hydroxylation is 2. The van der Waals surface area contributed by atoms with Crippen LogP contribution in [-0.4, -0.2) is 9.72 Å². The van der Waals surface area contributed by atoms with Crippen LogP contribution in [0.4, 0.5) is 5.69 Å². The second-order valence-electron chi connectivity index (χ2n) is 5.32. The summed E-state index contributed by atoms with van der Waals surface area (Å²) in [5.74, 6) is 0.746. The molecule has 0 spiro atoms. The van der Waals surface area contributed by atoms with E-state index in [2.05, 4.69) is 5.16 Å². The van der Waals surface area contributed by atoms with Gasteiger partial charge >= 0.3 is 0 Å². The van der Waals surface area contributed by atoms with Crippen LogP contribution in [0.3, 0.4) is 0 Å². The molecule has 120 valence electrons. The highest BCUT2D eigenvalue weighted by Gasteiger charge is 2.12. The van der Waals surface area contributed by atoms with Crippen molar-refractivity contribution in [3.63, 3.8) is 0 Å². The van der Waals surface area contributed by atoms with Gasteiger partial charge in [0.1, 0.15) is 5.76 Å². The number of anilines is 1. The van der Waals surface area contributed by atoms with Gasteiger partial charge in [-0.15, -0.1) is 12.4 Å². The molecule has 0 fully saturated rings. The molecule has 0 aliphatic carbocycles. The number of hydrogen-bond acceptors (Lipinski definition) is 4. The Bertz CT molecular complexity index is 847. The van der Waals surface area contributed by atoms with Gasteiger partial charge in [-0.1, -0.05) is 17.3 Å². The van der Waals surface area contributed by atoms with Gasteiger partial charge in [0.15, 0.2) is 0 Å². The van der Waals surface area contributed by atoms with Gasteiger partial charge in [0, 0.05) is 29.1 Å². The molecular weight excluding hydrogens is 314 g/mol. The predicted molar refractivity (Wildman–Crippen MR) is 92.9 cm³/mol. The van der Waals surface area contributed by atoms with Gasteiger partial charge in [-0.25, -0.2) is 0 Å². The molecule has 0 radical (unpaired) electrons. The molecule has 0 saturated heterocycles. The summed E-state index contributed by atoms with van der Waals surface area (Å²) in [7, 11) is 0. The van der Waals surface area contributed by atoms with Crippen molar-refractivity contribution in [3.8, 4) is 11.1 Å². The minimum Gasteiger partial charge on any atom is -0.399 e. The number of nitrogens with two attached hydrogens (primary N) is 1. The number of pyridine rings is 1. The molecule has 6 heteroatoms. The zero-order chi connectivity index (χ0) is 15.7. The topological polar surface area (TPSA) is 74.0 Å². The van der Waals surface area contributed by atoms with Crippen LogP contribution >= 0.6 is 12.4 Å². The van der Waals surface area contributed by atoms with Crippen molar-refractivity contribution in [2.45, 2.75) is 20.4 Å². The molecule has 1 aromatic carbocycles. The van der Waals surface area contributed by atoms with Crippen molar-refractivity contribution in [2.24, 2.45) is 0 Å². The van der Waals surface area contributed by atoms with Crippen LogP contribution in [-0.2, 0) is 6.54 Å². The first-order valence-electron chi connectivity index (χ1n) is 7.03. The SMILES string of the molecule is Cc1noc(C)c1-c1ccc(=O)n(Cc2ccc(N)cc2)c1.Cl. The van der Waals surface area contributed by atoms with E-state index in [1.807, 2.05) is 44.3 Å². The number of benzene rings is 1. The van der Waals surface area contributed by atoms with Crippen molar-refractivity contribution in [1.29, 1.82) is 0 Å². The number of nitrogens with zero attached hydrogens (tertiary/aromatic N) is 2. The molecule has 0 aliphatic heterocycles. The van der Waals surface area contributed by atoms with Gasteiger partial charge in [-0.05, 0) is 37.6 Å². The van der Waals surface area contributed by atoms with Gasteiger partial charge in [0.05, 0.1) is 12.2 Å². The zero-order valence-corrected chi connectivity index (χ0v) is 13.8. The summed E-state index contributed by atoms with van der Waals surface area (Å²) in [6.45, 7) is 4.25. The molecule has 5 nitrogen and oxygen atoms in total. The first-order valence-corrected chi connectivity index (χ1v) is 7.03. The minimum atomic E-state index is -0.0488. The highest BCUT2D eigenvalue weighted by molar-refractivity contribution is 5.85. The molecule has 0 bridgehead atoms. The Labute approximate surface area is 140 Å². The Hall–Kier alpha value is -2.53. The monoisotopic (exact) mass is 331 g/mol. The maximum Gasteiger partial charge on any atom is 0.250 e. The lowest BCUT2D eigenvalue weighted by Crippen LogP contribution is -2.19. The van der Waals surface area contributed by atoms with E-state index in [-0.39, 0.29) is 18.0 Å². The van der Waals surface area contributed by atoms with Crippen molar-refractivity contribution < 1.29 is 4.52 Å². The molecule has 0 amide bonds. The molecule has 0 unspecified atom stereocenters. The van der Waals surface area contributed by atoms with Crippen LogP contribution in [0.5, 0.6) is 0 Å². The van der Waals surface area contributed by atoms with Crippen LogP contribution in [0.15, 0.2) is 51.9 Å². The van der Waals surface area contributed by atoms with Gasteiger partial charge < -0.3 is 14.8 Å². The van der Waals surface area contributed by atoms with Gasteiger partial charge in [-0.3, -0.25) is 4.79 Å². The number of hydrogen-bond donors (Lipinski definition) is 1. The summed E-state index contributed by atoms with van der Waals surface area (Å²) < 4.78 is 6.87. The van der Waals surface area contributed by atoms with Crippen molar-refractivity contribution in [1.82, 2.24) is 9.72 Å². The fourth-order valence-electron chi connectivity index (χ4n) is 2.52. The molecule has 23 heavy (non-hydrogen) atoms. The second-order valence-corrected chi connectivity index (χ2v) is 5.32. The van der Waals surface area contributed by atoms with E-state index < -0.39 is 0 Å². The number of halogens is 1. The number of nitrogen functional groups attached to an aromatic ring is 1. The van der Waals surface area contributed by atoms with Gasteiger partial charge in [0.25, 0.3) is 5.56 Å². The standard InChI is InChI=1S/C17H17N3O2.ClH/c1-11-17(12(2)22-19-11)14-5-8-16(21)20(10-14)9-13-3-6-15(18)7-4-13;/h3-8,10H,9,18H2,1-2H3;1H. The molecule has 0 aliphatic rings. The average Bonchev–Trinajstić information content (AvgIpc) is 2.83. The van der Waals surface area contributed by atoms with E-state index in [1.54, 1.807) is 16.7 Å². The van der Waals surface area contributed by atoms with Crippen LogP contribution in [0.1, 0.15) is 17.0 Å². The van der Waals surface area contributed by atoms with Gasteiger partial charge in [-0.2, -0.15) is 0 Å². The third-order valence-corrected chi connectivity index (χ3v) is 3.64. The van der Waals surface area contributed by atoms with Crippen molar-refractivity contribution in [2.75, 3.05) is 5.73 Å². The normalized spacial score (nSPS) is 10.3. The molecule has 0 saturated carbocycles. The first kappa shape index (κ1) is 16.8. The lowest BCUT2D eigenvalue weighted by atomic mass is 10.1. The maximum absolute atomic E-state index is 12.1. The Morgan fingerprint density at radius 3 is 2.43 bits per heavy atom. The van der Waals surface area contributed by atoms with E-state index in [0.717, 1.165) is 28.1 Å². The Kier molecular flexibility index (Phi) is 4.91. The summed E-state index contributed by atoms with van der Waals surface area (Å²) in [4.78, 5) is 12.1. The summed E-state index contributed by atoms with van der Waals surface area (Å²) in [5, 5.41) is 3.96. The summed E-state index contributed by atoms with van der Waals surface area (Å²) in [6, 6.07) is 10.9. The Balaban J connectivity index is 0.00000192. The summed E-state index contributed by atoms with van der Waals surface area (Å²) in [6.07, 6.45) is 1.84. The molecule has 2 heterocycles. The van der Waals surface area contributed by atoms with Crippen LogP contribution in [0.25, 0.3) is 11.1 Å². The second kappa shape index (κ2) is 6.71. The fraction of sp³-hybridized carbons (Fsp3) is 0.176. The van der Waals surface area contributed by atoms with Crippen LogP contribution in [0.2, 0.25) is 0 Å². The van der Waals surface area contributed by atoms with E-state index >= 15 is 0 Å². The molecule has 3 rings (SSSR count). The van der Waals surface area contributed by atoms with E-state index in [9.17, 15) is 4.79 Å². The molecular formula is C17H18ClN3O2. The summed E-state index contributed by atoms with van der Waals surface area (Å²) in [5.41, 5.74) is 10.0. The van der Waals surface area contributed by atoms with Crippen molar-refractivity contribution in [3.05, 3.63) is 70.0 Å². The Morgan fingerprint density at radius 1 is 1.13 bits per heavy atom. The average molecular weight is 332 g/mol. The lowest BCUT2D eigenvalue weighted by Gasteiger charge is -2.09. The van der Waals surface area contributed by atoms with Crippen LogP contribution < -0.4 is 11.3 Å². The van der Waals surface area contributed by atoms with E-state index in [1.165, 1.54) is 0 Å². The third kappa shape index (κ3) is 3.46. The number of rotatable bonds is 3. The number of aromatic nitrogens is 2. The quantitative estimate of drug-likeness (QED) is 0.748. The summed E-state index contributed by atoms with van der Waals surface area (Å²) >= 11 is 0. The fourth-order valence-corrected chi connectivity index (χ4v) is 2.52. The first-order chi connectivity index (χ1) is 10.5. The molecule has 2 N–H and O–H groups in total. The van der Waals surface area contributed by atoms with Gasteiger partial charge in [0.2, 0.25) is 0 Å². The zero-order valence-electron chi connectivity index (χ0n) is 12.9. The lowest BCUT2D eigenvalue weighted by molar-refractivity contribution is 0.393. The molecule has 0 atom stereocenters. The van der Waals surface area contributed by atoms with Crippen molar-refractivity contribution >= 4 is 18.1 Å². The maximum atomic E-state index is 12.1. The third-order valence-electron chi connectivity index (χ3n) is 3.64. The largest absolute Gasteiger partial charge is 0.399 e. The minimum absolute atomic E-state index is 0. The smallest absolute Gasteiger partial charge is 0.250 e. The molecule has 2 aromatic heterocycles. The van der Waals surface area contributed by atoms with E-state index in [0.29, 0.717) is 12.2 Å². The molecule has 3 aromatic rings. The van der Waals surface area contributed by atoms with E-state index in [4.69, 9.17) is 10.3 Å². The highest BCUT2D eigenvalue weighted by Crippen LogP contribution is 2.25.